The molecule has 0 spiro atoms. The highest BCUT2D eigenvalue weighted by atomic mass is 32.1. The van der Waals surface area contributed by atoms with Crippen molar-refractivity contribution in [3.8, 4) is 0 Å². The van der Waals surface area contributed by atoms with Crippen molar-refractivity contribution in [1.82, 2.24) is 9.88 Å². The van der Waals surface area contributed by atoms with Gasteiger partial charge in [-0.2, -0.15) is 0 Å². The van der Waals surface area contributed by atoms with Crippen LogP contribution in [-0.4, -0.2) is 34.8 Å². The Kier molecular flexibility index (Phi) is 6.19. The number of nitrogens with one attached hydrogen (secondary N) is 1. The molecule has 0 bridgehead atoms. The first-order valence-electron chi connectivity index (χ1n) is 9.07. The van der Waals surface area contributed by atoms with E-state index in [9.17, 15) is 9.59 Å². The van der Waals surface area contributed by atoms with Crippen molar-refractivity contribution in [3.63, 3.8) is 0 Å². The van der Waals surface area contributed by atoms with Crippen LogP contribution in [0.25, 0.3) is 10.8 Å². The number of amides is 2. The Labute approximate surface area is 163 Å². The van der Waals surface area contributed by atoms with Gasteiger partial charge in [0, 0.05) is 17.5 Å². The van der Waals surface area contributed by atoms with Crippen LogP contribution >= 0.6 is 11.3 Å². The lowest BCUT2D eigenvalue weighted by Crippen LogP contribution is -2.38. The van der Waals surface area contributed by atoms with Crippen molar-refractivity contribution in [2.45, 2.75) is 26.7 Å². The van der Waals surface area contributed by atoms with Gasteiger partial charge in [0.25, 0.3) is 5.91 Å². The lowest BCUT2D eigenvalue weighted by atomic mass is 10.1. The molecule has 5 nitrogen and oxygen atoms in total. The van der Waals surface area contributed by atoms with Crippen LogP contribution in [0.15, 0.2) is 47.8 Å². The summed E-state index contributed by atoms with van der Waals surface area (Å²) in [4.78, 5) is 31.3. The monoisotopic (exact) mass is 381 g/mol. The highest BCUT2D eigenvalue weighted by molar-refractivity contribution is 7.13. The molecule has 0 aliphatic rings. The van der Waals surface area contributed by atoms with Crippen molar-refractivity contribution in [2.24, 2.45) is 0 Å². The number of thiazole rings is 1. The maximum absolute atomic E-state index is 13.0. The molecule has 6 heteroatoms. The molecule has 1 aromatic heterocycles. The number of anilines is 1. The molecule has 0 unspecified atom stereocenters. The average molecular weight is 382 g/mol. The fourth-order valence-electron chi connectivity index (χ4n) is 2.85. The number of carbonyl (C=O) groups is 2. The second-order valence-corrected chi connectivity index (χ2v) is 7.34. The fraction of sp³-hybridized carbons (Fsp3) is 0.286. The summed E-state index contributed by atoms with van der Waals surface area (Å²) in [5.74, 6) is -0.353. The summed E-state index contributed by atoms with van der Waals surface area (Å²) in [6, 6.07) is 13.6. The molecule has 0 radical (unpaired) electrons. The number of rotatable bonds is 7. The van der Waals surface area contributed by atoms with E-state index in [-0.39, 0.29) is 18.4 Å². The van der Waals surface area contributed by atoms with Crippen molar-refractivity contribution in [1.29, 1.82) is 0 Å². The van der Waals surface area contributed by atoms with Crippen molar-refractivity contribution in [3.05, 3.63) is 59.1 Å². The third kappa shape index (κ3) is 4.92. The number of unbranched alkanes of at least 4 members (excludes halogenated alkanes) is 1. The van der Waals surface area contributed by atoms with Crippen LogP contribution in [0.3, 0.4) is 0 Å². The second kappa shape index (κ2) is 8.77. The predicted octanol–water partition coefficient (Wildman–Crippen LogP) is 4.49. The van der Waals surface area contributed by atoms with Crippen LogP contribution in [0.1, 0.15) is 35.8 Å². The summed E-state index contributed by atoms with van der Waals surface area (Å²) in [6.45, 7) is 4.51. The van der Waals surface area contributed by atoms with Crippen LogP contribution < -0.4 is 5.32 Å². The van der Waals surface area contributed by atoms with Gasteiger partial charge in [-0.25, -0.2) is 4.98 Å². The first-order chi connectivity index (χ1) is 13.1. The van der Waals surface area contributed by atoms with Gasteiger partial charge in [-0.15, -0.1) is 11.3 Å². The second-order valence-electron chi connectivity index (χ2n) is 6.48. The SMILES string of the molecule is CCCCN(CC(=O)Nc1nc(C)cs1)C(=O)c1ccc2ccccc2c1. The summed E-state index contributed by atoms with van der Waals surface area (Å²) >= 11 is 1.38. The van der Waals surface area contributed by atoms with Gasteiger partial charge in [-0.05, 0) is 36.2 Å². The molecule has 3 aromatic rings. The largest absolute Gasteiger partial charge is 0.329 e. The Morgan fingerprint density at radius 1 is 1.15 bits per heavy atom. The van der Waals surface area contributed by atoms with Crippen LogP contribution in [-0.2, 0) is 4.79 Å². The molecule has 0 saturated heterocycles. The quantitative estimate of drug-likeness (QED) is 0.656. The van der Waals surface area contributed by atoms with E-state index in [0.717, 1.165) is 29.3 Å². The molecule has 140 valence electrons. The third-order valence-electron chi connectivity index (χ3n) is 4.27. The van der Waals surface area contributed by atoms with Crippen LogP contribution in [0.4, 0.5) is 5.13 Å². The first-order valence-corrected chi connectivity index (χ1v) is 9.95. The Morgan fingerprint density at radius 3 is 2.63 bits per heavy atom. The normalized spacial score (nSPS) is 10.7. The number of aromatic nitrogens is 1. The van der Waals surface area contributed by atoms with Gasteiger partial charge < -0.3 is 10.2 Å². The van der Waals surface area contributed by atoms with Crippen molar-refractivity contribution in [2.75, 3.05) is 18.4 Å². The number of hydrogen-bond acceptors (Lipinski definition) is 4. The topological polar surface area (TPSA) is 62.3 Å². The zero-order chi connectivity index (χ0) is 19.2. The highest BCUT2D eigenvalue weighted by Gasteiger charge is 2.19. The number of carbonyl (C=O) groups excluding carboxylic acids is 2. The van der Waals surface area contributed by atoms with Crippen molar-refractivity contribution >= 4 is 39.1 Å². The van der Waals surface area contributed by atoms with Gasteiger partial charge in [0.05, 0.1) is 5.69 Å². The number of benzene rings is 2. The first kappa shape index (κ1) is 19.0. The number of fused-ring (bicyclic) bond motifs is 1. The Bertz CT molecular complexity index is 951. The van der Waals surface area contributed by atoms with E-state index in [4.69, 9.17) is 0 Å². The van der Waals surface area contributed by atoms with E-state index in [1.165, 1.54) is 11.3 Å². The fourth-order valence-corrected chi connectivity index (χ4v) is 3.55. The molecule has 0 saturated carbocycles. The van der Waals surface area contributed by atoms with Crippen LogP contribution in [0, 0.1) is 6.92 Å². The van der Waals surface area contributed by atoms with E-state index in [2.05, 4.69) is 17.2 Å². The Hall–Kier alpha value is -2.73. The third-order valence-corrected chi connectivity index (χ3v) is 5.14. The van der Waals surface area contributed by atoms with Crippen LogP contribution in [0.5, 0.6) is 0 Å². The van der Waals surface area contributed by atoms with Gasteiger partial charge in [0.15, 0.2) is 5.13 Å². The summed E-state index contributed by atoms with van der Waals surface area (Å²) in [5, 5.41) is 7.33. The molecular formula is C21H23N3O2S. The molecule has 0 aliphatic carbocycles. The molecule has 1 heterocycles. The summed E-state index contributed by atoms with van der Waals surface area (Å²) in [5.41, 5.74) is 1.47. The highest BCUT2D eigenvalue weighted by Crippen LogP contribution is 2.18. The van der Waals surface area contributed by atoms with E-state index in [0.29, 0.717) is 17.2 Å². The minimum absolute atomic E-state index is 0.0181. The predicted molar refractivity (Wildman–Crippen MR) is 110 cm³/mol. The lowest BCUT2D eigenvalue weighted by molar-refractivity contribution is -0.116. The number of aryl methyl sites for hydroxylation is 1. The van der Waals surface area contributed by atoms with E-state index >= 15 is 0 Å². The van der Waals surface area contributed by atoms with E-state index in [1.807, 2.05) is 54.8 Å². The zero-order valence-electron chi connectivity index (χ0n) is 15.6. The molecule has 0 aliphatic heterocycles. The van der Waals surface area contributed by atoms with Gasteiger partial charge in [-0.3, -0.25) is 9.59 Å². The summed E-state index contributed by atoms with van der Waals surface area (Å²) < 4.78 is 0. The van der Waals surface area contributed by atoms with Gasteiger partial charge in [-0.1, -0.05) is 43.7 Å². The molecular weight excluding hydrogens is 358 g/mol. The molecule has 0 fully saturated rings. The average Bonchev–Trinajstić information content (AvgIpc) is 3.08. The lowest BCUT2D eigenvalue weighted by Gasteiger charge is -2.22. The zero-order valence-corrected chi connectivity index (χ0v) is 16.4. The smallest absolute Gasteiger partial charge is 0.254 e. The molecule has 3 rings (SSSR count). The van der Waals surface area contributed by atoms with Gasteiger partial charge in [0.2, 0.25) is 5.91 Å². The Morgan fingerprint density at radius 2 is 1.93 bits per heavy atom. The maximum atomic E-state index is 13.0. The summed E-state index contributed by atoms with van der Waals surface area (Å²) in [7, 11) is 0. The van der Waals surface area contributed by atoms with E-state index < -0.39 is 0 Å². The minimum Gasteiger partial charge on any atom is -0.329 e. The van der Waals surface area contributed by atoms with Crippen LogP contribution in [0.2, 0.25) is 0 Å². The molecule has 1 N–H and O–H groups in total. The number of hydrogen-bond donors (Lipinski definition) is 1. The molecule has 27 heavy (non-hydrogen) atoms. The number of nitrogens with zero attached hydrogens (tertiary/aromatic N) is 2. The maximum Gasteiger partial charge on any atom is 0.254 e. The standard InChI is InChI=1S/C21H23N3O2S/c1-3-4-11-24(13-19(25)23-21-22-15(2)14-27-21)20(26)18-10-9-16-7-5-6-8-17(16)12-18/h5-10,12,14H,3-4,11,13H2,1-2H3,(H,22,23,25). The molecule has 0 atom stereocenters. The van der Waals surface area contributed by atoms with Crippen molar-refractivity contribution < 1.29 is 9.59 Å². The molecule has 2 amide bonds. The summed E-state index contributed by atoms with van der Waals surface area (Å²) in [6.07, 6.45) is 1.80. The Balaban J connectivity index is 1.75. The minimum atomic E-state index is -0.227. The van der Waals surface area contributed by atoms with Gasteiger partial charge >= 0.3 is 0 Å². The van der Waals surface area contributed by atoms with E-state index in [1.54, 1.807) is 4.90 Å². The molecule has 2 aromatic carbocycles. The van der Waals surface area contributed by atoms with Gasteiger partial charge in [0.1, 0.15) is 6.54 Å².